The van der Waals surface area contributed by atoms with Crippen molar-refractivity contribution in [1.82, 2.24) is 0 Å². The zero-order valence-corrected chi connectivity index (χ0v) is 12.1. The molecule has 2 heterocycles. The number of ketones is 1. The van der Waals surface area contributed by atoms with E-state index < -0.39 is 0 Å². The Labute approximate surface area is 119 Å². The van der Waals surface area contributed by atoms with Crippen molar-refractivity contribution in [3.8, 4) is 11.5 Å². The van der Waals surface area contributed by atoms with E-state index in [4.69, 9.17) is 9.47 Å². The maximum atomic E-state index is 11.8. The summed E-state index contributed by atoms with van der Waals surface area (Å²) in [6, 6.07) is 6.60. The topological polar surface area (TPSA) is 38.8 Å². The van der Waals surface area contributed by atoms with Gasteiger partial charge in [-0.1, -0.05) is 0 Å². The van der Waals surface area contributed by atoms with Crippen LogP contribution in [-0.4, -0.2) is 32.1 Å². The predicted molar refractivity (Wildman–Crippen MR) is 77.7 cm³/mol. The Hall–Kier alpha value is -1.71. The highest BCUT2D eigenvalue weighted by Gasteiger charge is 2.38. The van der Waals surface area contributed by atoms with Gasteiger partial charge in [0.1, 0.15) is 17.3 Å². The number of methoxy groups -OCH3 is 2. The number of nitrogens with zero attached hydrogens (tertiary/aromatic N) is 1. The van der Waals surface area contributed by atoms with Gasteiger partial charge in [-0.3, -0.25) is 4.79 Å². The summed E-state index contributed by atoms with van der Waals surface area (Å²) in [7, 11) is 3.34. The van der Waals surface area contributed by atoms with E-state index >= 15 is 0 Å². The molecule has 1 aromatic rings. The molecule has 108 valence electrons. The lowest BCUT2D eigenvalue weighted by atomic mass is 9.83. The number of ether oxygens (including phenoxy) is 2. The second-order valence-electron chi connectivity index (χ2n) is 5.63. The molecular weight excluding hydrogens is 254 g/mol. The fourth-order valence-electron chi connectivity index (χ4n) is 3.57. The van der Waals surface area contributed by atoms with Gasteiger partial charge in [0, 0.05) is 31.0 Å². The molecule has 0 aliphatic carbocycles. The van der Waals surface area contributed by atoms with Crippen LogP contribution in [0.25, 0.3) is 0 Å². The highest BCUT2D eigenvalue weighted by atomic mass is 16.5. The van der Waals surface area contributed by atoms with Gasteiger partial charge in [-0.05, 0) is 31.4 Å². The third-order valence-corrected chi connectivity index (χ3v) is 4.45. The molecule has 2 saturated heterocycles. The van der Waals surface area contributed by atoms with Crippen LogP contribution in [0, 0.1) is 0 Å². The summed E-state index contributed by atoms with van der Waals surface area (Å²) < 4.78 is 10.8. The molecule has 0 radical (unpaired) electrons. The minimum atomic E-state index is 0.331. The summed E-state index contributed by atoms with van der Waals surface area (Å²) in [5.74, 6) is 2.03. The minimum absolute atomic E-state index is 0.331. The van der Waals surface area contributed by atoms with E-state index in [2.05, 4.69) is 11.0 Å². The van der Waals surface area contributed by atoms with Crippen molar-refractivity contribution in [1.29, 1.82) is 0 Å². The highest BCUT2D eigenvalue weighted by Crippen LogP contribution is 2.41. The monoisotopic (exact) mass is 275 g/mol. The first-order valence-corrected chi connectivity index (χ1v) is 7.25. The van der Waals surface area contributed by atoms with Crippen molar-refractivity contribution in [2.45, 2.75) is 44.2 Å². The van der Waals surface area contributed by atoms with Gasteiger partial charge in [0.15, 0.2) is 0 Å². The van der Waals surface area contributed by atoms with Gasteiger partial charge in [0.2, 0.25) is 0 Å². The number of rotatable bonds is 3. The Morgan fingerprint density at radius 3 is 2.40 bits per heavy atom. The molecule has 20 heavy (non-hydrogen) atoms. The van der Waals surface area contributed by atoms with Crippen LogP contribution in [0.1, 0.15) is 32.1 Å². The molecule has 0 spiro atoms. The molecule has 2 aliphatic heterocycles. The molecule has 2 aliphatic rings. The van der Waals surface area contributed by atoms with Gasteiger partial charge in [-0.2, -0.15) is 0 Å². The molecule has 4 nitrogen and oxygen atoms in total. The SMILES string of the molecule is COc1ccc(N2C3CCCC2CC(=O)C3)c(OC)c1. The summed E-state index contributed by atoms with van der Waals surface area (Å²) in [4.78, 5) is 14.2. The van der Waals surface area contributed by atoms with Crippen molar-refractivity contribution >= 4 is 11.5 Å². The second-order valence-corrected chi connectivity index (χ2v) is 5.63. The molecule has 0 amide bonds. The average Bonchev–Trinajstić information content (AvgIpc) is 2.45. The Morgan fingerprint density at radius 2 is 1.80 bits per heavy atom. The van der Waals surface area contributed by atoms with Crippen LogP contribution in [0.5, 0.6) is 11.5 Å². The van der Waals surface area contributed by atoms with E-state index in [-0.39, 0.29) is 0 Å². The van der Waals surface area contributed by atoms with Gasteiger partial charge in [-0.15, -0.1) is 0 Å². The molecule has 2 fully saturated rings. The number of carbonyl (C=O) groups is 1. The number of benzene rings is 1. The maximum Gasteiger partial charge on any atom is 0.145 e. The van der Waals surface area contributed by atoms with Crippen molar-refractivity contribution in [3.63, 3.8) is 0 Å². The first-order chi connectivity index (χ1) is 9.72. The average molecular weight is 275 g/mol. The first kappa shape index (κ1) is 13.3. The summed E-state index contributed by atoms with van der Waals surface area (Å²) >= 11 is 0. The zero-order valence-electron chi connectivity index (χ0n) is 12.1. The Morgan fingerprint density at radius 1 is 1.10 bits per heavy atom. The highest BCUT2D eigenvalue weighted by molar-refractivity contribution is 5.83. The second kappa shape index (κ2) is 5.35. The minimum Gasteiger partial charge on any atom is -0.497 e. The van der Waals surface area contributed by atoms with Crippen molar-refractivity contribution in [2.75, 3.05) is 19.1 Å². The first-order valence-electron chi connectivity index (χ1n) is 7.25. The molecule has 2 bridgehead atoms. The number of piperidine rings is 2. The molecular formula is C16H21NO3. The normalized spacial score (nSPS) is 25.5. The van der Waals surface area contributed by atoms with Gasteiger partial charge >= 0.3 is 0 Å². The quantitative estimate of drug-likeness (QED) is 0.850. The molecule has 1 aromatic carbocycles. The summed E-state index contributed by atoms with van der Waals surface area (Å²) in [6.45, 7) is 0. The van der Waals surface area contributed by atoms with Crippen LogP contribution in [0.2, 0.25) is 0 Å². The zero-order chi connectivity index (χ0) is 14.1. The van der Waals surface area contributed by atoms with Crippen LogP contribution in [0.3, 0.4) is 0 Å². The van der Waals surface area contributed by atoms with Crippen LogP contribution in [-0.2, 0) is 4.79 Å². The lowest BCUT2D eigenvalue weighted by molar-refractivity contribution is -0.121. The summed E-state index contributed by atoms with van der Waals surface area (Å²) in [5, 5.41) is 0. The predicted octanol–water partition coefficient (Wildman–Crippen LogP) is 2.79. The third-order valence-electron chi connectivity index (χ3n) is 4.45. The Bertz CT molecular complexity index is 498. The van der Waals surface area contributed by atoms with E-state index in [1.54, 1.807) is 14.2 Å². The van der Waals surface area contributed by atoms with Crippen LogP contribution < -0.4 is 14.4 Å². The van der Waals surface area contributed by atoms with E-state index in [0.717, 1.165) is 30.0 Å². The van der Waals surface area contributed by atoms with E-state index in [0.29, 0.717) is 30.7 Å². The van der Waals surface area contributed by atoms with Gasteiger partial charge in [-0.25, -0.2) is 0 Å². The van der Waals surface area contributed by atoms with Crippen LogP contribution in [0.15, 0.2) is 18.2 Å². The number of carbonyl (C=O) groups excluding carboxylic acids is 1. The fourth-order valence-corrected chi connectivity index (χ4v) is 3.57. The summed E-state index contributed by atoms with van der Waals surface area (Å²) in [5.41, 5.74) is 1.09. The largest absolute Gasteiger partial charge is 0.497 e. The van der Waals surface area contributed by atoms with Crippen molar-refractivity contribution in [2.24, 2.45) is 0 Å². The Kier molecular flexibility index (Phi) is 3.55. The van der Waals surface area contributed by atoms with Gasteiger partial charge < -0.3 is 14.4 Å². The molecule has 4 heteroatoms. The van der Waals surface area contributed by atoms with Crippen LogP contribution in [0.4, 0.5) is 5.69 Å². The number of hydrogen-bond donors (Lipinski definition) is 0. The van der Waals surface area contributed by atoms with E-state index in [9.17, 15) is 4.79 Å². The standard InChI is InChI=1S/C16H21NO3/c1-19-14-6-7-15(16(10-14)20-2)17-11-4-3-5-12(17)9-13(18)8-11/h6-7,10-12H,3-5,8-9H2,1-2H3. The Balaban J connectivity index is 1.97. The maximum absolute atomic E-state index is 11.8. The summed E-state index contributed by atoms with van der Waals surface area (Å²) in [6.07, 6.45) is 4.75. The molecule has 0 N–H and O–H groups in total. The van der Waals surface area contributed by atoms with E-state index in [1.165, 1.54) is 6.42 Å². The van der Waals surface area contributed by atoms with Gasteiger partial charge in [0.25, 0.3) is 0 Å². The van der Waals surface area contributed by atoms with E-state index in [1.807, 2.05) is 12.1 Å². The smallest absolute Gasteiger partial charge is 0.145 e. The molecule has 2 atom stereocenters. The van der Waals surface area contributed by atoms with Crippen LogP contribution >= 0.6 is 0 Å². The molecule has 2 unspecified atom stereocenters. The number of hydrogen-bond acceptors (Lipinski definition) is 4. The lowest BCUT2D eigenvalue weighted by Gasteiger charge is -2.47. The van der Waals surface area contributed by atoms with Crippen molar-refractivity contribution in [3.05, 3.63) is 18.2 Å². The third kappa shape index (κ3) is 2.23. The number of fused-ring (bicyclic) bond motifs is 2. The number of Topliss-reactive ketones (excluding diaryl/α,β-unsaturated/α-hetero) is 1. The van der Waals surface area contributed by atoms with Gasteiger partial charge in [0.05, 0.1) is 19.9 Å². The molecule has 3 rings (SSSR count). The molecule has 0 aromatic heterocycles. The molecule has 0 saturated carbocycles. The van der Waals surface area contributed by atoms with Crippen molar-refractivity contribution < 1.29 is 14.3 Å². The lowest BCUT2D eigenvalue weighted by Crippen LogP contribution is -2.52. The number of anilines is 1. The fraction of sp³-hybridized carbons (Fsp3) is 0.562.